The van der Waals surface area contributed by atoms with E-state index in [4.69, 9.17) is 15.2 Å². The topological polar surface area (TPSA) is 64.7 Å². The van der Waals surface area contributed by atoms with Gasteiger partial charge in [-0.05, 0) is 24.1 Å². The molecule has 0 aliphatic rings. The Balaban J connectivity index is 2.93. The summed E-state index contributed by atoms with van der Waals surface area (Å²) < 4.78 is 10.4. The SMILES string of the molecule is COc1ccc(CC(C)(CN)CO)cc1OC. The molecular formula is C13H21NO3. The zero-order valence-electron chi connectivity index (χ0n) is 10.7. The van der Waals surface area contributed by atoms with Crippen molar-refractivity contribution in [3.8, 4) is 11.5 Å². The van der Waals surface area contributed by atoms with Crippen LogP contribution in [0.1, 0.15) is 12.5 Å². The number of aliphatic hydroxyl groups excluding tert-OH is 1. The second-order valence-electron chi connectivity index (χ2n) is 4.54. The minimum absolute atomic E-state index is 0.0673. The lowest BCUT2D eigenvalue weighted by molar-refractivity contribution is 0.149. The summed E-state index contributed by atoms with van der Waals surface area (Å²) in [5.41, 5.74) is 6.46. The Morgan fingerprint density at radius 3 is 2.35 bits per heavy atom. The van der Waals surface area contributed by atoms with Crippen molar-refractivity contribution in [3.05, 3.63) is 23.8 Å². The van der Waals surface area contributed by atoms with E-state index in [1.165, 1.54) is 0 Å². The van der Waals surface area contributed by atoms with Crippen LogP contribution in [0.15, 0.2) is 18.2 Å². The van der Waals surface area contributed by atoms with Gasteiger partial charge in [-0.25, -0.2) is 0 Å². The summed E-state index contributed by atoms with van der Waals surface area (Å²) in [7, 11) is 3.21. The molecule has 0 amide bonds. The van der Waals surface area contributed by atoms with Gasteiger partial charge in [-0.1, -0.05) is 13.0 Å². The Hall–Kier alpha value is -1.26. The van der Waals surface area contributed by atoms with Gasteiger partial charge in [-0.2, -0.15) is 0 Å². The van der Waals surface area contributed by atoms with Crippen molar-refractivity contribution in [1.82, 2.24) is 0 Å². The highest BCUT2D eigenvalue weighted by atomic mass is 16.5. The minimum Gasteiger partial charge on any atom is -0.493 e. The molecule has 0 aliphatic heterocycles. The lowest BCUT2D eigenvalue weighted by Crippen LogP contribution is -2.33. The van der Waals surface area contributed by atoms with Gasteiger partial charge in [0.1, 0.15) is 0 Å². The van der Waals surface area contributed by atoms with Crippen LogP contribution in [-0.2, 0) is 6.42 Å². The van der Waals surface area contributed by atoms with Gasteiger partial charge in [-0.15, -0.1) is 0 Å². The molecule has 0 aliphatic carbocycles. The van der Waals surface area contributed by atoms with Crippen LogP contribution < -0.4 is 15.2 Å². The molecule has 1 aromatic carbocycles. The van der Waals surface area contributed by atoms with Crippen molar-refractivity contribution < 1.29 is 14.6 Å². The van der Waals surface area contributed by atoms with E-state index in [0.717, 1.165) is 5.56 Å². The molecule has 0 bridgehead atoms. The van der Waals surface area contributed by atoms with Gasteiger partial charge in [0.05, 0.1) is 14.2 Å². The smallest absolute Gasteiger partial charge is 0.160 e. The molecule has 0 spiro atoms. The maximum Gasteiger partial charge on any atom is 0.160 e. The van der Waals surface area contributed by atoms with E-state index in [2.05, 4.69) is 0 Å². The third-order valence-electron chi connectivity index (χ3n) is 2.95. The van der Waals surface area contributed by atoms with E-state index >= 15 is 0 Å². The van der Waals surface area contributed by atoms with Crippen LogP contribution in [0.3, 0.4) is 0 Å². The predicted octanol–water partition coefficient (Wildman–Crippen LogP) is 1.20. The average Bonchev–Trinajstić information content (AvgIpc) is 2.38. The highest BCUT2D eigenvalue weighted by Gasteiger charge is 2.22. The zero-order valence-corrected chi connectivity index (χ0v) is 10.7. The van der Waals surface area contributed by atoms with Crippen LogP contribution in [0, 0.1) is 5.41 Å². The lowest BCUT2D eigenvalue weighted by atomic mass is 9.84. The number of nitrogens with two attached hydrogens (primary N) is 1. The molecule has 17 heavy (non-hydrogen) atoms. The van der Waals surface area contributed by atoms with Crippen LogP contribution in [0.4, 0.5) is 0 Å². The first-order chi connectivity index (χ1) is 8.08. The van der Waals surface area contributed by atoms with Crippen LogP contribution in [0.25, 0.3) is 0 Å². The molecule has 0 saturated carbocycles. The molecule has 0 aromatic heterocycles. The summed E-state index contributed by atoms with van der Waals surface area (Å²) in [5.74, 6) is 1.40. The highest BCUT2D eigenvalue weighted by Crippen LogP contribution is 2.30. The summed E-state index contributed by atoms with van der Waals surface area (Å²) >= 11 is 0. The van der Waals surface area contributed by atoms with E-state index in [1.807, 2.05) is 25.1 Å². The average molecular weight is 239 g/mol. The van der Waals surface area contributed by atoms with Crippen molar-refractivity contribution in [1.29, 1.82) is 0 Å². The maximum absolute atomic E-state index is 9.34. The first kappa shape index (κ1) is 13.8. The Labute approximate surface area is 102 Å². The van der Waals surface area contributed by atoms with Gasteiger partial charge in [0, 0.05) is 18.6 Å². The van der Waals surface area contributed by atoms with Gasteiger partial charge in [-0.3, -0.25) is 0 Å². The van der Waals surface area contributed by atoms with Crippen LogP contribution >= 0.6 is 0 Å². The van der Waals surface area contributed by atoms with Gasteiger partial charge in [0.15, 0.2) is 11.5 Å². The van der Waals surface area contributed by atoms with Gasteiger partial charge >= 0.3 is 0 Å². The van der Waals surface area contributed by atoms with E-state index < -0.39 is 0 Å². The third-order valence-corrected chi connectivity index (χ3v) is 2.95. The fourth-order valence-corrected chi connectivity index (χ4v) is 1.68. The van der Waals surface area contributed by atoms with Crippen molar-refractivity contribution >= 4 is 0 Å². The monoisotopic (exact) mass is 239 g/mol. The molecule has 1 unspecified atom stereocenters. The van der Waals surface area contributed by atoms with Crippen LogP contribution in [-0.4, -0.2) is 32.5 Å². The molecular weight excluding hydrogens is 218 g/mol. The Bertz CT molecular complexity index is 362. The largest absolute Gasteiger partial charge is 0.493 e. The van der Waals surface area contributed by atoms with E-state index in [0.29, 0.717) is 24.5 Å². The molecule has 4 nitrogen and oxygen atoms in total. The molecule has 0 fully saturated rings. The first-order valence-corrected chi connectivity index (χ1v) is 5.60. The Kier molecular flexibility index (Phi) is 4.78. The summed E-state index contributed by atoms with van der Waals surface area (Å²) in [5, 5.41) is 9.34. The van der Waals surface area contributed by atoms with Crippen LogP contribution in [0.5, 0.6) is 11.5 Å². The number of benzene rings is 1. The van der Waals surface area contributed by atoms with E-state index in [-0.39, 0.29) is 12.0 Å². The standard InChI is InChI=1S/C13H21NO3/c1-13(8-14,9-15)7-10-4-5-11(16-2)12(6-10)17-3/h4-6,15H,7-9,14H2,1-3H3. The van der Waals surface area contributed by atoms with E-state index in [9.17, 15) is 5.11 Å². The number of hydrogen-bond acceptors (Lipinski definition) is 4. The highest BCUT2D eigenvalue weighted by molar-refractivity contribution is 5.43. The Morgan fingerprint density at radius 2 is 1.88 bits per heavy atom. The number of aliphatic hydroxyl groups is 1. The normalized spacial score (nSPS) is 14.2. The van der Waals surface area contributed by atoms with Crippen molar-refractivity contribution in [2.45, 2.75) is 13.3 Å². The summed E-state index contributed by atoms with van der Waals surface area (Å²) in [4.78, 5) is 0. The molecule has 0 radical (unpaired) electrons. The van der Waals surface area contributed by atoms with Crippen molar-refractivity contribution in [2.75, 3.05) is 27.4 Å². The number of rotatable bonds is 6. The van der Waals surface area contributed by atoms with Crippen molar-refractivity contribution in [2.24, 2.45) is 11.1 Å². The summed E-state index contributed by atoms with van der Waals surface area (Å²) in [6.07, 6.45) is 0.709. The summed E-state index contributed by atoms with van der Waals surface area (Å²) in [6.45, 7) is 2.47. The lowest BCUT2D eigenvalue weighted by Gasteiger charge is -2.25. The fourth-order valence-electron chi connectivity index (χ4n) is 1.68. The molecule has 96 valence electrons. The van der Waals surface area contributed by atoms with Gasteiger partial charge in [0.2, 0.25) is 0 Å². The number of methoxy groups -OCH3 is 2. The quantitative estimate of drug-likeness (QED) is 0.783. The number of hydrogen-bond donors (Lipinski definition) is 2. The van der Waals surface area contributed by atoms with E-state index in [1.54, 1.807) is 14.2 Å². The second kappa shape index (κ2) is 5.89. The van der Waals surface area contributed by atoms with Crippen LogP contribution in [0.2, 0.25) is 0 Å². The molecule has 1 atom stereocenters. The first-order valence-electron chi connectivity index (χ1n) is 5.60. The molecule has 4 heteroatoms. The van der Waals surface area contributed by atoms with Crippen molar-refractivity contribution in [3.63, 3.8) is 0 Å². The minimum atomic E-state index is -0.292. The molecule has 0 heterocycles. The van der Waals surface area contributed by atoms with Gasteiger partial charge in [0.25, 0.3) is 0 Å². The second-order valence-corrected chi connectivity index (χ2v) is 4.54. The fraction of sp³-hybridized carbons (Fsp3) is 0.538. The zero-order chi connectivity index (χ0) is 12.9. The molecule has 0 saturated heterocycles. The Morgan fingerprint density at radius 1 is 1.24 bits per heavy atom. The third kappa shape index (κ3) is 3.35. The molecule has 3 N–H and O–H groups in total. The molecule has 1 rings (SSSR count). The number of ether oxygens (including phenoxy) is 2. The van der Waals surface area contributed by atoms with Gasteiger partial charge < -0.3 is 20.3 Å². The molecule has 1 aromatic rings. The summed E-state index contributed by atoms with van der Waals surface area (Å²) in [6, 6.07) is 5.75. The predicted molar refractivity (Wildman–Crippen MR) is 67.5 cm³/mol. The maximum atomic E-state index is 9.34.